The Labute approximate surface area is 421 Å². The number of hydrogen-bond donors (Lipinski definition) is 7. The minimum absolute atomic E-state index is 0.0640. The summed E-state index contributed by atoms with van der Waals surface area (Å²) in [4.78, 5) is 78.3. The van der Waals surface area contributed by atoms with Gasteiger partial charge in [-0.05, 0) is 63.8 Å². The molecule has 20 heteroatoms. The lowest BCUT2D eigenvalue weighted by molar-refractivity contribution is -0.165. The van der Waals surface area contributed by atoms with Gasteiger partial charge < -0.3 is 54.8 Å². The number of amides is 4. The molecular formula is C52H64N8O11S. The molecule has 2 saturated heterocycles. The number of rotatable bonds is 14. The monoisotopic (exact) mass is 1010 g/mol. The van der Waals surface area contributed by atoms with Gasteiger partial charge in [-0.1, -0.05) is 78.2 Å². The molecule has 0 aliphatic carbocycles. The highest BCUT2D eigenvalue weighted by Crippen LogP contribution is 2.33. The number of benzene rings is 2. The summed E-state index contributed by atoms with van der Waals surface area (Å²) in [6.45, 7) is 8.21. The van der Waals surface area contributed by atoms with Crippen molar-refractivity contribution in [2.75, 3.05) is 33.9 Å². The van der Waals surface area contributed by atoms with E-state index in [9.17, 15) is 28.8 Å². The van der Waals surface area contributed by atoms with E-state index in [0.717, 1.165) is 81.3 Å². The molecule has 4 amide bonds. The van der Waals surface area contributed by atoms with Crippen LogP contribution in [0.25, 0.3) is 33.8 Å². The lowest BCUT2D eigenvalue weighted by Crippen LogP contribution is -2.39. The average molecular weight is 1010 g/mol. The predicted octanol–water partition coefficient (Wildman–Crippen LogP) is 5.17. The molecule has 2 aliphatic rings. The highest BCUT2D eigenvalue weighted by molar-refractivity contribution is 8.00. The van der Waals surface area contributed by atoms with Crippen molar-refractivity contribution in [1.82, 2.24) is 39.2 Å². The number of urea groups is 1. The van der Waals surface area contributed by atoms with Crippen LogP contribution in [0.1, 0.15) is 59.3 Å². The van der Waals surface area contributed by atoms with Gasteiger partial charge in [-0.2, -0.15) is 11.8 Å². The Hall–Kier alpha value is -7.29. The maximum atomic E-state index is 12.3. The van der Waals surface area contributed by atoms with Gasteiger partial charge in [0, 0.05) is 69.1 Å². The summed E-state index contributed by atoms with van der Waals surface area (Å²) in [6.07, 6.45) is 3.10. The van der Waals surface area contributed by atoms with E-state index < -0.39 is 30.1 Å². The fourth-order valence-electron chi connectivity index (χ4n) is 7.76. The SMILES string of the molecule is Cc1ccc(-c2nc3ccc(C)cn3c2CC(=O)N(C)C)cc1.Cc1ccc(-c2nc3ccc(C)cn3c2CC(=O)N(C)C)cc1.O=C(O)C(O)C(O)C(=O)O.O=C(O)CCCC[C@@H]1SC[C@@H]2NC(=O)N[C@@H]21. The first-order valence-electron chi connectivity index (χ1n) is 23.3. The number of carboxylic acid groups (broad SMARTS) is 3. The topological polar surface area (TPSA) is 269 Å². The lowest BCUT2D eigenvalue weighted by Gasteiger charge is -2.16. The van der Waals surface area contributed by atoms with E-state index in [0.29, 0.717) is 18.1 Å². The second-order valence-electron chi connectivity index (χ2n) is 18.2. The number of carbonyl (C=O) groups is 6. The Kier molecular flexibility index (Phi) is 19.5. The summed E-state index contributed by atoms with van der Waals surface area (Å²) in [6, 6.07) is 25.1. The molecule has 72 heavy (non-hydrogen) atoms. The van der Waals surface area contributed by atoms with Crippen LogP contribution < -0.4 is 10.6 Å². The number of likely N-dealkylation sites (N-methyl/N-ethyl adjacent to an activating group) is 2. The van der Waals surface area contributed by atoms with Crippen molar-refractivity contribution in [1.29, 1.82) is 0 Å². The third-order valence-corrected chi connectivity index (χ3v) is 13.4. The molecule has 6 heterocycles. The molecule has 384 valence electrons. The third-order valence-electron chi connectivity index (χ3n) is 11.9. The number of pyridine rings is 2. The number of nitrogens with one attached hydrogen (secondary N) is 2. The standard InChI is InChI=1S/2C19H21N3O.C10H16N2O3S.C4H6O6/c2*1-13-5-8-15(9-6-13)19-16(11-18(23)21(3)4)22-12-14(2)7-10-17(22)20-19;13-8(14)4-2-1-3-7-9-6(5-16-7)11-10(15)12-9;5-1(3(7)8)2(6)4(9)10/h2*5-10,12H,11H2,1-4H3;6-7,9H,1-5H2,(H,13,14)(H2,11,12,15);1-2,5-6H,(H,7,8)(H,9,10)/t;;6-,7-,9-;/m..0./s1. The Morgan fingerprint density at radius 2 is 1.06 bits per heavy atom. The maximum absolute atomic E-state index is 12.3. The van der Waals surface area contributed by atoms with Gasteiger partial charge in [0.15, 0.2) is 12.2 Å². The minimum atomic E-state index is -2.27. The highest BCUT2D eigenvalue weighted by Gasteiger charge is 2.42. The number of aliphatic carboxylic acids is 3. The molecule has 19 nitrogen and oxygen atoms in total. The molecule has 2 aliphatic heterocycles. The van der Waals surface area contributed by atoms with Gasteiger partial charge in [-0.25, -0.2) is 24.4 Å². The van der Waals surface area contributed by atoms with Gasteiger partial charge >= 0.3 is 23.9 Å². The van der Waals surface area contributed by atoms with E-state index in [1.165, 1.54) is 11.1 Å². The molecular weight excluding hydrogens is 945 g/mol. The number of hydrogen-bond acceptors (Lipinski definition) is 11. The fraction of sp³-hybridized carbons (Fsp3) is 0.385. The number of imidazole rings is 2. The molecule has 0 spiro atoms. The van der Waals surface area contributed by atoms with E-state index in [1.54, 1.807) is 38.0 Å². The van der Waals surface area contributed by atoms with Crippen LogP contribution in [0.15, 0.2) is 85.2 Å². The van der Waals surface area contributed by atoms with Crippen LogP contribution in [-0.4, -0.2) is 153 Å². The van der Waals surface area contributed by atoms with Crippen LogP contribution in [0.2, 0.25) is 0 Å². The number of aryl methyl sites for hydroxylation is 4. The van der Waals surface area contributed by atoms with Crippen molar-refractivity contribution in [3.8, 4) is 22.5 Å². The summed E-state index contributed by atoms with van der Waals surface area (Å²) < 4.78 is 4.07. The molecule has 2 aromatic carbocycles. The molecule has 6 aromatic rings. The normalized spacial score (nSPS) is 16.3. The summed E-state index contributed by atoms with van der Waals surface area (Å²) in [7, 11) is 7.12. The van der Waals surface area contributed by atoms with Crippen LogP contribution in [0.4, 0.5) is 4.79 Å². The van der Waals surface area contributed by atoms with Crippen LogP contribution in [-0.2, 0) is 36.8 Å². The quantitative estimate of drug-likeness (QED) is 0.0548. The summed E-state index contributed by atoms with van der Waals surface area (Å²) in [5.74, 6) is -3.16. The fourth-order valence-corrected chi connectivity index (χ4v) is 9.30. The summed E-state index contributed by atoms with van der Waals surface area (Å²) in [5.41, 5.74) is 12.2. The van der Waals surface area contributed by atoms with Gasteiger partial charge in [-0.15, -0.1) is 0 Å². The molecule has 2 fully saturated rings. The molecule has 0 saturated carbocycles. The van der Waals surface area contributed by atoms with Crippen molar-refractivity contribution in [3.63, 3.8) is 0 Å². The van der Waals surface area contributed by atoms with Crippen molar-refractivity contribution in [2.24, 2.45) is 0 Å². The van der Waals surface area contributed by atoms with E-state index in [2.05, 4.69) is 73.0 Å². The number of thioether (sulfide) groups is 1. The molecule has 0 radical (unpaired) electrons. The zero-order valence-corrected chi connectivity index (χ0v) is 42.5. The summed E-state index contributed by atoms with van der Waals surface area (Å²) >= 11 is 1.87. The average Bonchev–Trinajstić information content (AvgIpc) is 4.09. The van der Waals surface area contributed by atoms with Crippen LogP contribution >= 0.6 is 11.8 Å². The second-order valence-corrected chi connectivity index (χ2v) is 19.4. The molecule has 5 atom stereocenters. The van der Waals surface area contributed by atoms with Crippen molar-refractivity contribution in [3.05, 3.63) is 119 Å². The second kappa shape index (κ2) is 25.2. The number of aromatic nitrogens is 4. The minimum Gasteiger partial charge on any atom is -0.481 e. The first kappa shape index (κ1) is 55.6. The predicted molar refractivity (Wildman–Crippen MR) is 274 cm³/mol. The van der Waals surface area contributed by atoms with Gasteiger partial charge in [0.25, 0.3) is 0 Å². The number of fused-ring (bicyclic) bond motifs is 3. The smallest absolute Gasteiger partial charge is 0.335 e. The number of aliphatic hydroxyl groups is 2. The maximum Gasteiger partial charge on any atom is 0.335 e. The number of nitrogens with zero attached hydrogens (tertiary/aromatic N) is 6. The van der Waals surface area contributed by atoms with Gasteiger partial charge in [0.05, 0.1) is 47.7 Å². The van der Waals surface area contributed by atoms with Gasteiger partial charge in [0.2, 0.25) is 11.8 Å². The van der Waals surface area contributed by atoms with Crippen molar-refractivity contribution >= 4 is 58.8 Å². The lowest BCUT2D eigenvalue weighted by atomic mass is 10.0. The van der Waals surface area contributed by atoms with Gasteiger partial charge in [0.1, 0.15) is 11.3 Å². The van der Waals surface area contributed by atoms with E-state index in [1.807, 2.05) is 71.1 Å². The Morgan fingerprint density at radius 1 is 0.639 bits per heavy atom. The largest absolute Gasteiger partial charge is 0.481 e. The third kappa shape index (κ3) is 14.9. The number of carboxylic acids is 3. The molecule has 2 unspecified atom stereocenters. The zero-order chi connectivity index (χ0) is 53.0. The number of unbranched alkanes of at least 4 members (excludes halogenated alkanes) is 1. The summed E-state index contributed by atoms with van der Waals surface area (Å²) in [5, 5.41) is 47.3. The molecule has 4 aromatic heterocycles. The van der Waals surface area contributed by atoms with Crippen molar-refractivity contribution in [2.45, 2.75) is 95.8 Å². The van der Waals surface area contributed by atoms with Crippen LogP contribution in [0.3, 0.4) is 0 Å². The Bertz CT molecular complexity index is 2710. The van der Waals surface area contributed by atoms with E-state index >= 15 is 0 Å². The van der Waals surface area contributed by atoms with E-state index in [-0.39, 0.29) is 36.3 Å². The van der Waals surface area contributed by atoms with Gasteiger partial charge in [-0.3, -0.25) is 14.4 Å². The first-order chi connectivity index (χ1) is 34.0. The number of carbonyl (C=O) groups excluding carboxylic acids is 3. The van der Waals surface area contributed by atoms with E-state index in [4.69, 9.17) is 35.5 Å². The zero-order valence-electron chi connectivity index (χ0n) is 41.7. The number of aliphatic hydroxyl groups excluding tert-OH is 2. The highest BCUT2D eigenvalue weighted by atomic mass is 32.2. The molecule has 7 N–H and O–H groups in total. The Morgan fingerprint density at radius 3 is 1.44 bits per heavy atom. The molecule has 8 rings (SSSR count). The van der Waals surface area contributed by atoms with Crippen molar-refractivity contribution < 1.29 is 54.3 Å². The van der Waals surface area contributed by atoms with Crippen LogP contribution in [0, 0.1) is 27.7 Å². The first-order valence-corrected chi connectivity index (χ1v) is 24.3. The molecule has 0 bridgehead atoms. The van der Waals surface area contributed by atoms with Crippen LogP contribution in [0.5, 0.6) is 0 Å². The Balaban J connectivity index is 0.000000186.